The second-order valence-corrected chi connectivity index (χ2v) is 4.25. The van der Waals surface area contributed by atoms with Crippen molar-refractivity contribution in [2.75, 3.05) is 0 Å². The zero-order chi connectivity index (χ0) is 12.7. The van der Waals surface area contributed by atoms with Crippen molar-refractivity contribution in [2.24, 2.45) is 0 Å². The van der Waals surface area contributed by atoms with Crippen LogP contribution >= 0.6 is 0 Å². The smallest absolute Gasteiger partial charge is 0.304 e. The molecule has 0 fully saturated rings. The van der Waals surface area contributed by atoms with Crippen LogP contribution in [0.4, 0.5) is 0 Å². The molecule has 3 heteroatoms. The van der Waals surface area contributed by atoms with E-state index in [1.165, 1.54) is 12.5 Å². The monoisotopic (exact) mass is 236 g/mol. The average Bonchev–Trinajstić information content (AvgIpc) is 2.26. The molecule has 0 spiro atoms. The van der Waals surface area contributed by atoms with Gasteiger partial charge in [0.25, 0.3) is 0 Å². The molecule has 0 aliphatic heterocycles. The van der Waals surface area contributed by atoms with Crippen molar-refractivity contribution in [1.82, 2.24) is 0 Å². The Labute approximate surface area is 103 Å². The Balaban J connectivity index is 2.45. The molecule has 94 valence electrons. The molecule has 1 unspecified atom stereocenters. The number of carbonyl (C=O) groups is 1. The molecule has 1 rings (SSSR count). The van der Waals surface area contributed by atoms with Gasteiger partial charge in [0.15, 0.2) is 0 Å². The van der Waals surface area contributed by atoms with Gasteiger partial charge in [-0.25, -0.2) is 0 Å². The van der Waals surface area contributed by atoms with E-state index in [0.717, 1.165) is 6.42 Å². The lowest BCUT2D eigenvalue weighted by Crippen LogP contribution is -2.24. The van der Waals surface area contributed by atoms with Crippen LogP contribution in [0.15, 0.2) is 30.3 Å². The quantitative estimate of drug-likeness (QED) is 0.562. The van der Waals surface area contributed by atoms with Crippen LogP contribution in [0, 0.1) is 0 Å². The topological polar surface area (TPSA) is 35.5 Å². The number of hydrogen-bond donors (Lipinski definition) is 0. The van der Waals surface area contributed by atoms with Gasteiger partial charge in [-0.05, 0) is 25.8 Å². The van der Waals surface area contributed by atoms with Gasteiger partial charge >= 0.3 is 5.97 Å². The van der Waals surface area contributed by atoms with Crippen LogP contribution in [0.2, 0.25) is 0 Å². The van der Waals surface area contributed by atoms with Crippen molar-refractivity contribution in [1.29, 1.82) is 0 Å². The standard InChI is InChI=1S/C14H20O3/c1-11(2)16-14(17-12(3)15)10-9-13-7-5-4-6-8-13/h4-8,11,14H,9-10H2,1-3H3. The highest BCUT2D eigenvalue weighted by atomic mass is 16.7. The van der Waals surface area contributed by atoms with Gasteiger partial charge in [0.1, 0.15) is 0 Å². The highest BCUT2D eigenvalue weighted by molar-refractivity contribution is 5.66. The molecule has 3 nitrogen and oxygen atoms in total. The van der Waals surface area contributed by atoms with E-state index < -0.39 is 6.29 Å². The van der Waals surface area contributed by atoms with Crippen LogP contribution in [0.3, 0.4) is 0 Å². The molecule has 17 heavy (non-hydrogen) atoms. The summed E-state index contributed by atoms with van der Waals surface area (Å²) in [6, 6.07) is 10.1. The number of carbonyl (C=O) groups excluding carboxylic acids is 1. The second-order valence-electron chi connectivity index (χ2n) is 4.25. The summed E-state index contributed by atoms with van der Waals surface area (Å²) in [6.45, 7) is 5.26. The van der Waals surface area contributed by atoms with E-state index in [9.17, 15) is 4.79 Å². The third kappa shape index (κ3) is 6.07. The Morgan fingerprint density at radius 2 is 1.88 bits per heavy atom. The first kappa shape index (κ1) is 13.7. The van der Waals surface area contributed by atoms with Crippen molar-refractivity contribution >= 4 is 5.97 Å². The number of ether oxygens (including phenoxy) is 2. The van der Waals surface area contributed by atoms with Gasteiger partial charge in [0.05, 0.1) is 6.10 Å². The van der Waals surface area contributed by atoms with Crippen molar-refractivity contribution in [3.05, 3.63) is 35.9 Å². The summed E-state index contributed by atoms with van der Waals surface area (Å²) in [4.78, 5) is 10.9. The average molecular weight is 236 g/mol. The van der Waals surface area contributed by atoms with E-state index in [1.807, 2.05) is 32.0 Å². The summed E-state index contributed by atoms with van der Waals surface area (Å²) in [5, 5.41) is 0. The molecule has 1 aromatic carbocycles. The van der Waals surface area contributed by atoms with Gasteiger partial charge in [-0.3, -0.25) is 4.79 Å². The maximum absolute atomic E-state index is 10.9. The molecule has 1 aromatic rings. The lowest BCUT2D eigenvalue weighted by molar-refractivity contribution is -0.185. The van der Waals surface area contributed by atoms with Crippen molar-refractivity contribution in [3.8, 4) is 0 Å². The van der Waals surface area contributed by atoms with Gasteiger partial charge in [-0.1, -0.05) is 30.3 Å². The molecular formula is C14H20O3. The molecule has 0 bridgehead atoms. The Morgan fingerprint density at radius 1 is 1.24 bits per heavy atom. The number of aryl methyl sites for hydroxylation is 1. The van der Waals surface area contributed by atoms with Gasteiger partial charge in [0, 0.05) is 13.3 Å². The summed E-state index contributed by atoms with van der Waals surface area (Å²) >= 11 is 0. The Bertz CT molecular complexity index is 333. The molecular weight excluding hydrogens is 216 g/mol. The fourth-order valence-corrected chi connectivity index (χ4v) is 1.57. The molecule has 0 saturated heterocycles. The van der Waals surface area contributed by atoms with Crippen molar-refractivity contribution in [2.45, 2.75) is 46.0 Å². The summed E-state index contributed by atoms with van der Waals surface area (Å²) < 4.78 is 10.7. The first-order chi connectivity index (χ1) is 8.08. The lowest BCUT2D eigenvalue weighted by atomic mass is 10.1. The predicted molar refractivity (Wildman–Crippen MR) is 66.5 cm³/mol. The molecule has 1 atom stereocenters. The fourth-order valence-electron chi connectivity index (χ4n) is 1.57. The minimum atomic E-state index is -0.451. The maximum atomic E-state index is 10.9. The summed E-state index contributed by atoms with van der Waals surface area (Å²) in [7, 11) is 0. The fraction of sp³-hybridized carbons (Fsp3) is 0.500. The molecule has 0 aromatic heterocycles. The van der Waals surface area contributed by atoms with E-state index in [1.54, 1.807) is 0 Å². The van der Waals surface area contributed by atoms with Crippen molar-refractivity contribution < 1.29 is 14.3 Å². The SMILES string of the molecule is CC(=O)OC(CCc1ccccc1)OC(C)C. The molecule has 0 aliphatic rings. The number of rotatable bonds is 6. The number of benzene rings is 1. The van der Waals surface area contributed by atoms with Gasteiger partial charge in [-0.15, -0.1) is 0 Å². The van der Waals surface area contributed by atoms with Crippen LogP contribution in [0.25, 0.3) is 0 Å². The summed E-state index contributed by atoms with van der Waals surface area (Å²) in [5.74, 6) is -0.302. The normalized spacial score (nSPS) is 12.5. The van der Waals surface area contributed by atoms with Crippen LogP contribution in [0.1, 0.15) is 32.8 Å². The van der Waals surface area contributed by atoms with E-state index in [2.05, 4.69) is 12.1 Å². The third-order valence-corrected chi connectivity index (χ3v) is 2.23. The highest BCUT2D eigenvalue weighted by Gasteiger charge is 2.14. The molecule has 0 radical (unpaired) electrons. The van der Waals surface area contributed by atoms with E-state index in [-0.39, 0.29) is 12.1 Å². The maximum Gasteiger partial charge on any atom is 0.304 e. The molecule has 0 N–H and O–H groups in total. The largest absolute Gasteiger partial charge is 0.436 e. The highest BCUT2D eigenvalue weighted by Crippen LogP contribution is 2.10. The Kier molecular flexibility index (Phi) is 5.70. The first-order valence-corrected chi connectivity index (χ1v) is 5.94. The van der Waals surface area contributed by atoms with Crippen LogP contribution in [-0.4, -0.2) is 18.4 Å². The zero-order valence-electron chi connectivity index (χ0n) is 10.7. The molecule has 0 amide bonds. The molecule has 0 heterocycles. The number of hydrogen-bond acceptors (Lipinski definition) is 3. The Morgan fingerprint density at radius 3 is 2.41 bits per heavy atom. The molecule has 0 aliphatic carbocycles. The van der Waals surface area contributed by atoms with Gasteiger partial charge in [-0.2, -0.15) is 0 Å². The number of esters is 1. The van der Waals surface area contributed by atoms with Gasteiger partial charge in [0.2, 0.25) is 6.29 Å². The molecule has 0 saturated carbocycles. The van der Waals surface area contributed by atoms with Crippen LogP contribution in [0.5, 0.6) is 0 Å². The minimum Gasteiger partial charge on any atom is -0.436 e. The summed E-state index contributed by atoms with van der Waals surface area (Å²) in [6.07, 6.45) is 1.12. The van der Waals surface area contributed by atoms with Crippen LogP contribution < -0.4 is 0 Å². The van der Waals surface area contributed by atoms with Crippen molar-refractivity contribution in [3.63, 3.8) is 0 Å². The van der Waals surface area contributed by atoms with E-state index in [4.69, 9.17) is 9.47 Å². The van der Waals surface area contributed by atoms with E-state index >= 15 is 0 Å². The minimum absolute atomic E-state index is 0.0510. The first-order valence-electron chi connectivity index (χ1n) is 5.94. The lowest BCUT2D eigenvalue weighted by Gasteiger charge is -2.19. The zero-order valence-corrected chi connectivity index (χ0v) is 10.7. The Hall–Kier alpha value is -1.35. The predicted octanol–water partition coefficient (Wildman–Crippen LogP) is 2.93. The summed E-state index contributed by atoms with van der Waals surface area (Å²) in [5.41, 5.74) is 1.22. The van der Waals surface area contributed by atoms with Gasteiger partial charge < -0.3 is 9.47 Å². The third-order valence-electron chi connectivity index (χ3n) is 2.23. The second kappa shape index (κ2) is 7.07. The van der Waals surface area contributed by atoms with Crippen LogP contribution in [-0.2, 0) is 20.7 Å². The van der Waals surface area contributed by atoms with E-state index in [0.29, 0.717) is 6.42 Å².